The van der Waals surface area contributed by atoms with Gasteiger partial charge >= 0.3 is 0 Å². The number of imidazole rings is 1. The van der Waals surface area contributed by atoms with Crippen molar-refractivity contribution < 1.29 is 9.53 Å². The van der Waals surface area contributed by atoms with Crippen molar-refractivity contribution in [3.05, 3.63) is 77.9 Å². The van der Waals surface area contributed by atoms with Crippen LogP contribution in [0.2, 0.25) is 0 Å². The van der Waals surface area contributed by atoms with Gasteiger partial charge in [-0.3, -0.25) is 4.79 Å². The second-order valence-electron chi connectivity index (χ2n) is 8.97. The summed E-state index contributed by atoms with van der Waals surface area (Å²) in [7, 11) is 0. The number of ether oxygens (including phenoxy) is 1. The summed E-state index contributed by atoms with van der Waals surface area (Å²) >= 11 is 0. The molecule has 5 nitrogen and oxygen atoms in total. The van der Waals surface area contributed by atoms with Gasteiger partial charge in [0, 0.05) is 49.1 Å². The normalized spacial score (nSPS) is 16.7. The lowest BCUT2D eigenvalue weighted by atomic mass is 9.86. The van der Waals surface area contributed by atoms with E-state index < -0.39 is 0 Å². The molecule has 0 radical (unpaired) electrons. The van der Waals surface area contributed by atoms with Crippen LogP contribution in [0, 0.1) is 5.92 Å². The minimum Gasteiger partial charge on any atom is -0.457 e. The van der Waals surface area contributed by atoms with E-state index in [2.05, 4.69) is 34.5 Å². The number of piperidine rings is 1. The van der Waals surface area contributed by atoms with Crippen molar-refractivity contribution in [1.29, 1.82) is 0 Å². The summed E-state index contributed by atoms with van der Waals surface area (Å²) in [6.45, 7) is 6.96. The van der Waals surface area contributed by atoms with Gasteiger partial charge in [0.1, 0.15) is 17.3 Å². The Kier molecular flexibility index (Phi) is 5.26. The molecule has 3 heterocycles. The first-order valence-corrected chi connectivity index (χ1v) is 11.3. The zero-order valence-electron chi connectivity index (χ0n) is 18.2. The summed E-state index contributed by atoms with van der Waals surface area (Å²) in [5.41, 5.74) is 1.93. The molecule has 5 heteroatoms. The number of aromatic nitrogens is 2. The predicted octanol–water partition coefficient (Wildman–Crippen LogP) is 5.18. The van der Waals surface area contributed by atoms with Crippen molar-refractivity contribution in [3.8, 4) is 11.5 Å². The molecule has 0 atom stereocenters. The topological polar surface area (TPSA) is 47.4 Å². The van der Waals surface area contributed by atoms with Gasteiger partial charge in [0.25, 0.3) is 0 Å². The van der Waals surface area contributed by atoms with Crippen LogP contribution < -0.4 is 4.74 Å². The number of rotatable bonds is 4. The van der Waals surface area contributed by atoms with Crippen LogP contribution in [0.1, 0.15) is 55.5 Å². The van der Waals surface area contributed by atoms with Crippen molar-refractivity contribution in [2.24, 2.45) is 5.92 Å². The number of hydrogen-bond acceptors (Lipinski definition) is 3. The van der Waals surface area contributed by atoms with E-state index in [4.69, 9.17) is 4.74 Å². The number of nitrogens with zero attached hydrogens (tertiary/aromatic N) is 3. The van der Waals surface area contributed by atoms with Gasteiger partial charge in [-0.2, -0.15) is 0 Å². The van der Waals surface area contributed by atoms with E-state index in [0.29, 0.717) is 11.8 Å². The molecule has 160 valence electrons. The fourth-order valence-corrected chi connectivity index (χ4v) is 4.95. The smallest absolute Gasteiger partial charge is 0.234 e. The Morgan fingerprint density at radius 3 is 2.26 bits per heavy atom. The average molecular weight is 416 g/mol. The molecule has 5 rings (SSSR count). The maximum absolute atomic E-state index is 13.7. The number of carbonyl (C=O) groups is 1. The molecule has 0 aliphatic carbocycles. The van der Waals surface area contributed by atoms with Gasteiger partial charge < -0.3 is 14.2 Å². The Morgan fingerprint density at radius 2 is 1.65 bits per heavy atom. The number of likely N-dealkylation sites (tertiary alicyclic amines) is 1. The number of fused-ring (bicyclic) bond motifs is 2. The van der Waals surface area contributed by atoms with Crippen LogP contribution in [0.5, 0.6) is 11.5 Å². The molecule has 0 saturated carbocycles. The molecule has 0 bridgehead atoms. The number of carbonyl (C=O) groups excluding carboxylic acids is 1. The van der Waals surface area contributed by atoms with Gasteiger partial charge in [-0.05, 0) is 30.9 Å². The van der Waals surface area contributed by atoms with E-state index in [-0.39, 0.29) is 11.8 Å². The fourth-order valence-electron chi connectivity index (χ4n) is 4.95. The lowest BCUT2D eigenvalue weighted by Gasteiger charge is -2.36. The van der Waals surface area contributed by atoms with Crippen molar-refractivity contribution in [2.45, 2.75) is 45.1 Å². The van der Waals surface area contributed by atoms with Crippen LogP contribution in [0.4, 0.5) is 0 Å². The first-order valence-electron chi connectivity index (χ1n) is 11.3. The molecule has 0 N–H and O–H groups in total. The number of benzene rings is 2. The van der Waals surface area contributed by atoms with Crippen LogP contribution in [-0.2, 0) is 11.3 Å². The molecule has 2 aromatic carbocycles. The maximum atomic E-state index is 13.7. The van der Waals surface area contributed by atoms with Crippen molar-refractivity contribution in [1.82, 2.24) is 14.5 Å². The SMILES string of the molecule is CC(C)c1nccn1CC1CCN(C(=O)C2c3ccccc3Oc3ccccc32)CC1. The largest absolute Gasteiger partial charge is 0.457 e. The first kappa shape index (κ1) is 19.9. The number of para-hydroxylation sites is 2. The van der Waals surface area contributed by atoms with Gasteiger partial charge in [-0.25, -0.2) is 4.98 Å². The summed E-state index contributed by atoms with van der Waals surface area (Å²) in [5.74, 6) is 3.61. The highest BCUT2D eigenvalue weighted by molar-refractivity contribution is 5.89. The molecule has 31 heavy (non-hydrogen) atoms. The van der Waals surface area contributed by atoms with Crippen LogP contribution in [0.25, 0.3) is 0 Å². The van der Waals surface area contributed by atoms with Gasteiger partial charge in [0.2, 0.25) is 5.91 Å². The molecule has 1 fully saturated rings. The monoisotopic (exact) mass is 415 g/mol. The molecule has 1 amide bonds. The highest BCUT2D eigenvalue weighted by atomic mass is 16.5. The van der Waals surface area contributed by atoms with Crippen LogP contribution in [-0.4, -0.2) is 33.4 Å². The average Bonchev–Trinajstić information content (AvgIpc) is 3.26. The second kappa shape index (κ2) is 8.22. The van der Waals surface area contributed by atoms with Crippen LogP contribution in [0.3, 0.4) is 0 Å². The van der Waals surface area contributed by atoms with Gasteiger partial charge in [0.05, 0.1) is 5.92 Å². The minimum atomic E-state index is -0.293. The Hall–Kier alpha value is -3.08. The zero-order valence-corrected chi connectivity index (χ0v) is 18.2. The van der Waals surface area contributed by atoms with E-state index in [0.717, 1.165) is 60.9 Å². The number of hydrogen-bond donors (Lipinski definition) is 0. The molecule has 0 unspecified atom stereocenters. The maximum Gasteiger partial charge on any atom is 0.234 e. The van der Waals surface area contributed by atoms with Gasteiger partial charge in [-0.1, -0.05) is 50.2 Å². The van der Waals surface area contributed by atoms with E-state index in [9.17, 15) is 4.79 Å². The summed E-state index contributed by atoms with van der Waals surface area (Å²) in [6.07, 6.45) is 6.03. The Bertz CT molecular complexity index is 1030. The lowest BCUT2D eigenvalue weighted by molar-refractivity contribution is -0.133. The third-order valence-corrected chi connectivity index (χ3v) is 6.57. The molecule has 0 spiro atoms. The first-order chi connectivity index (χ1) is 15.1. The van der Waals surface area contributed by atoms with Gasteiger partial charge in [-0.15, -0.1) is 0 Å². The molecule has 1 aromatic heterocycles. The third-order valence-electron chi connectivity index (χ3n) is 6.57. The summed E-state index contributed by atoms with van der Waals surface area (Å²) in [6, 6.07) is 15.8. The molecular formula is C26H29N3O2. The standard InChI is InChI=1S/C26H29N3O2/c1-18(2)25-27-13-16-29(25)17-19-11-14-28(15-12-19)26(30)24-20-7-3-5-9-22(20)31-23-10-6-4-8-21(23)24/h3-10,13,16,18-19,24H,11-12,14-15,17H2,1-2H3. The molecule has 3 aromatic rings. The summed E-state index contributed by atoms with van der Waals surface area (Å²) in [5, 5.41) is 0. The summed E-state index contributed by atoms with van der Waals surface area (Å²) < 4.78 is 8.36. The Labute approximate surface area is 183 Å². The Balaban J connectivity index is 1.32. The van der Waals surface area contributed by atoms with E-state index in [1.165, 1.54) is 0 Å². The quantitative estimate of drug-likeness (QED) is 0.590. The number of amides is 1. The Morgan fingerprint density at radius 1 is 1.03 bits per heavy atom. The highest BCUT2D eigenvalue weighted by Crippen LogP contribution is 2.45. The van der Waals surface area contributed by atoms with E-state index >= 15 is 0 Å². The summed E-state index contributed by atoms with van der Waals surface area (Å²) in [4.78, 5) is 20.3. The van der Waals surface area contributed by atoms with E-state index in [1.807, 2.05) is 54.7 Å². The van der Waals surface area contributed by atoms with Crippen LogP contribution >= 0.6 is 0 Å². The van der Waals surface area contributed by atoms with E-state index in [1.54, 1.807) is 0 Å². The van der Waals surface area contributed by atoms with Crippen molar-refractivity contribution in [3.63, 3.8) is 0 Å². The molecule has 2 aliphatic rings. The third kappa shape index (κ3) is 3.73. The fraction of sp³-hybridized carbons (Fsp3) is 0.385. The highest BCUT2D eigenvalue weighted by Gasteiger charge is 2.36. The predicted molar refractivity (Wildman–Crippen MR) is 120 cm³/mol. The van der Waals surface area contributed by atoms with Gasteiger partial charge in [0.15, 0.2) is 0 Å². The zero-order chi connectivity index (χ0) is 21.4. The second-order valence-corrected chi connectivity index (χ2v) is 8.97. The minimum absolute atomic E-state index is 0.187. The van der Waals surface area contributed by atoms with Crippen molar-refractivity contribution in [2.75, 3.05) is 13.1 Å². The lowest BCUT2D eigenvalue weighted by Crippen LogP contribution is -2.42. The van der Waals surface area contributed by atoms with Crippen LogP contribution in [0.15, 0.2) is 60.9 Å². The molecule has 2 aliphatic heterocycles. The van der Waals surface area contributed by atoms with Crippen molar-refractivity contribution >= 4 is 5.91 Å². The molecule has 1 saturated heterocycles. The molecular weight excluding hydrogens is 386 g/mol.